The molecule has 22 heavy (non-hydrogen) atoms. The molecule has 1 aromatic heterocycles. The lowest BCUT2D eigenvalue weighted by molar-refractivity contribution is 0.0636. The molecule has 0 aliphatic heterocycles. The van der Waals surface area contributed by atoms with Crippen molar-refractivity contribution in [1.82, 2.24) is 9.78 Å². The van der Waals surface area contributed by atoms with E-state index in [0.717, 1.165) is 15.7 Å². The zero-order valence-corrected chi connectivity index (χ0v) is 14.6. The maximum Gasteiger partial charge on any atom is 0.412 e. The number of benzene rings is 1. The topological polar surface area (TPSA) is 82.2 Å². The van der Waals surface area contributed by atoms with Crippen molar-refractivity contribution in [2.45, 2.75) is 26.4 Å². The number of carbonyl (C=O) groups is 1. The third-order valence-corrected chi connectivity index (χ3v) is 3.51. The molecule has 1 amide bonds. The van der Waals surface area contributed by atoms with Gasteiger partial charge < -0.3 is 10.5 Å². The van der Waals surface area contributed by atoms with Crippen LogP contribution in [0.15, 0.2) is 28.7 Å². The summed E-state index contributed by atoms with van der Waals surface area (Å²) in [5.41, 5.74) is 7.44. The second kappa shape index (κ2) is 6.00. The smallest absolute Gasteiger partial charge is 0.412 e. The molecule has 0 atom stereocenters. The van der Waals surface area contributed by atoms with Crippen LogP contribution in [-0.4, -0.2) is 21.5 Å². The minimum absolute atomic E-state index is 0.508. The molecule has 118 valence electrons. The number of nitrogens with two attached hydrogens (primary N) is 1. The molecular formula is C15H19BrN4O2. The highest BCUT2D eigenvalue weighted by atomic mass is 79.9. The molecule has 2 aromatic rings. The number of nitrogens with one attached hydrogen (secondary N) is 1. The van der Waals surface area contributed by atoms with Crippen LogP contribution < -0.4 is 11.1 Å². The number of aryl methyl sites for hydroxylation is 1. The second-order valence-electron chi connectivity index (χ2n) is 5.90. The van der Waals surface area contributed by atoms with Crippen LogP contribution in [0.1, 0.15) is 20.8 Å². The summed E-state index contributed by atoms with van der Waals surface area (Å²) < 4.78 is 7.61. The summed E-state index contributed by atoms with van der Waals surface area (Å²) >= 11 is 3.41. The van der Waals surface area contributed by atoms with Gasteiger partial charge in [0.2, 0.25) is 0 Å². The molecule has 0 radical (unpaired) electrons. The molecule has 0 saturated carbocycles. The molecule has 0 aliphatic carbocycles. The number of halogens is 1. The van der Waals surface area contributed by atoms with Crippen LogP contribution in [0, 0.1) is 0 Å². The molecule has 1 aromatic carbocycles. The van der Waals surface area contributed by atoms with Gasteiger partial charge >= 0.3 is 6.09 Å². The summed E-state index contributed by atoms with van der Waals surface area (Å²) in [5.74, 6) is 0.569. The number of hydrogen-bond acceptors (Lipinski definition) is 4. The van der Waals surface area contributed by atoms with Crippen molar-refractivity contribution in [2.75, 3.05) is 11.1 Å². The van der Waals surface area contributed by atoms with E-state index >= 15 is 0 Å². The number of nitrogens with zero attached hydrogens (tertiary/aromatic N) is 2. The van der Waals surface area contributed by atoms with Gasteiger partial charge in [-0.05, 0) is 48.8 Å². The summed E-state index contributed by atoms with van der Waals surface area (Å²) in [6.45, 7) is 5.44. The zero-order chi connectivity index (χ0) is 16.5. The van der Waals surface area contributed by atoms with Crippen molar-refractivity contribution < 1.29 is 9.53 Å². The van der Waals surface area contributed by atoms with Gasteiger partial charge in [-0.25, -0.2) is 4.79 Å². The minimum atomic E-state index is -0.552. The molecule has 1 heterocycles. The standard InChI is InChI=1S/C15H19BrN4O2/c1-15(2,3)22-14(21)18-12-7-9(5-6-10(12)16)11-8-13(17)20(4)19-11/h5-8H,17H2,1-4H3,(H,18,21). The van der Waals surface area contributed by atoms with E-state index in [4.69, 9.17) is 10.5 Å². The lowest BCUT2D eigenvalue weighted by atomic mass is 10.1. The van der Waals surface area contributed by atoms with Crippen LogP contribution in [-0.2, 0) is 11.8 Å². The fraction of sp³-hybridized carbons (Fsp3) is 0.333. The summed E-state index contributed by atoms with van der Waals surface area (Å²) in [4.78, 5) is 11.9. The van der Waals surface area contributed by atoms with Crippen molar-refractivity contribution in [2.24, 2.45) is 7.05 Å². The molecule has 0 unspecified atom stereocenters. The SMILES string of the molecule is Cn1nc(-c2ccc(Br)c(NC(=O)OC(C)(C)C)c2)cc1N. The molecule has 3 N–H and O–H groups in total. The largest absolute Gasteiger partial charge is 0.444 e. The van der Waals surface area contributed by atoms with Gasteiger partial charge in [-0.3, -0.25) is 10.00 Å². The van der Waals surface area contributed by atoms with Gasteiger partial charge in [0.05, 0.1) is 11.4 Å². The molecule has 2 rings (SSSR count). The van der Waals surface area contributed by atoms with E-state index in [2.05, 4.69) is 26.3 Å². The number of amides is 1. The van der Waals surface area contributed by atoms with Gasteiger partial charge in [-0.15, -0.1) is 0 Å². The quantitative estimate of drug-likeness (QED) is 0.846. The van der Waals surface area contributed by atoms with Gasteiger partial charge in [0, 0.05) is 23.2 Å². The predicted octanol–water partition coefficient (Wildman–Crippen LogP) is 3.78. The Kier molecular flexibility index (Phi) is 4.46. The monoisotopic (exact) mass is 366 g/mol. The van der Waals surface area contributed by atoms with Crippen molar-refractivity contribution >= 4 is 33.5 Å². The first-order chi connectivity index (χ1) is 10.2. The van der Waals surface area contributed by atoms with E-state index in [0.29, 0.717) is 11.5 Å². The van der Waals surface area contributed by atoms with Crippen molar-refractivity contribution in [3.8, 4) is 11.3 Å². The van der Waals surface area contributed by atoms with Gasteiger partial charge in [0.15, 0.2) is 0 Å². The summed E-state index contributed by atoms with van der Waals surface area (Å²) in [5, 5.41) is 7.05. The maximum absolute atomic E-state index is 11.9. The average molecular weight is 367 g/mol. The van der Waals surface area contributed by atoms with Crippen LogP contribution >= 0.6 is 15.9 Å². The number of carbonyl (C=O) groups excluding carboxylic acids is 1. The molecule has 0 aliphatic rings. The van der Waals surface area contributed by atoms with Crippen molar-refractivity contribution in [3.05, 3.63) is 28.7 Å². The van der Waals surface area contributed by atoms with E-state index in [1.165, 1.54) is 0 Å². The normalized spacial score (nSPS) is 11.3. The predicted molar refractivity (Wildman–Crippen MR) is 90.6 cm³/mol. The lowest BCUT2D eigenvalue weighted by Gasteiger charge is -2.20. The highest BCUT2D eigenvalue weighted by Crippen LogP contribution is 2.29. The molecule has 6 nitrogen and oxygen atoms in total. The van der Waals surface area contributed by atoms with E-state index in [-0.39, 0.29) is 0 Å². The van der Waals surface area contributed by atoms with Crippen molar-refractivity contribution in [3.63, 3.8) is 0 Å². The number of anilines is 2. The van der Waals surface area contributed by atoms with Gasteiger partial charge in [0.1, 0.15) is 11.4 Å². The van der Waals surface area contributed by atoms with Gasteiger partial charge in [-0.1, -0.05) is 6.07 Å². The Morgan fingerprint density at radius 3 is 2.59 bits per heavy atom. The Hall–Kier alpha value is -2.02. The molecular weight excluding hydrogens is 348 g/mol. The second-order valence-corrected chi connectivity index (χ2v) is 6.75. The molecule has 0 fully saturated rings. The number of aromatic nitrogens is 2. The number of ether oxygens (including phenoxy) is 1. The summed E-state index contributed by atoms with van der Waals surface area (Å²) in [6.07, 6.45) is -0.508. The molecule has 7 heteroatoms. The number of hydrogen-bond donors (Lipinski definition) is 2. The zero-order valence-electron chi connectivity index (χ0n) is 13.0. The Balaban J connectivity index is 2.25. The molecule has 0 saturated heterocycles. The Bertz CT molecular complexity index is 685. The molecule has 0 spiro atoms. The van der Waals surface area contributed by atoms with Crippen molar-refractivity contribution in [1.29, 1.82) is 0 Å². The van der Waals surface area contributed by atoms with E-state index < -0.39 is 11.7 Å². The Labute approximate surface area is 137 Å². The third kappa shape index (κ3) is 4.00. The first kappa shape index (κ1) is 16.4. The fourth-order valence-corrected chi connectivity index (χ4v) is 2.16. The lowest BCUT2D eigenvalue weighted by Crippen LogP contribution is -2.27. The minimum Gasteiger partial charge on any atom is -0.444 e. The van der Waals surface area contributed by atoms with Crippen LogP contribution in [0.2, 0.25) is 0 Å². The molecule has 0 bridgehead atoms. The fourth-order valence-electron chi connectivity index (χ4n) is 1.82. The maximum atomic E-state index is 11.9. The van der Waals surface area contributed by atoms with Crippen LogP contribution in [0.3, 0.4) is 0 Å². The third-order valence-electron chi connectivity index (χ3n) is 2.81. The van der Waals surface area contributed by atoms with Crippen LogP contribution in [0.4, 0.5) is 16.3 Å². The number of rotatable bonds is 2. The summed E-state index contributed by atoms with van der Waals surface area (Å²) in [7, 11) is 1.78. The van der Waals surface area contributed by atoms with Gasteiger partial charge in [-0.2, -0.15) is 5.10 Å². The highest BCUT2D eigenvalue weighted by Gasteiger charge is 2.17. The average Bonchev–Trinajstić information content (AvgIpc) is 2.70. The van der Waals surface area contributed by atoms with Gasteiger partial charge in [0.25, 0.3) is 0 Å². The van der Waals surface area contributed by atoms with E-state index in [1.54, 1.807) is 17.8 Å². The highest BCUT2D eigenvalue weighted by molar-refractivity contribution is 9.10. The van der Waals surface area contributed by atoms with Crippen LogP contribution in [0.5, 0.6) is 0 Å². The van der Waals surface area contributed by atoms with E-state index in [9.17, 15) is 4.79 Å². The summed E-state index contributed by atoms with van der Waals surface area (Å²) in [6, 6.07) is 7.33. The van der Waals surface area contributed by atoms with Crippen LogP contribution in [0.25, 0.3) is 11.3 Å². The Morgan fingerprint density at radius 1 is 1.36 bits per heavy atom. The Morgan fingerprint density at radius 2 is 2.05 bits per heavy atom. The first-order valence-electron chi connectivity index (χ1n) is 6.75. The first-order valence-corrected chi connectivity index (χ1v) is 7.54. The number of nitrogen functional groups attached to an aromatic ring is 1. The van der Waals surface area contributed by atoms with E-state index in [1.807, 2.05) is 39.0 Å².